The topological polar surface area (TPSA) is 26.3 Å². The van der Waals surface area contributed by atoms with Crippen molar-refractivity contribution in [3.8, 4) is 0 Å². The van der Waals surface area contributed by atoms with Crippen LogP contribution in [0.1, 0.15) is 72.6 Å². The average molecular weight is 256 g/mol. The van der Waals surface area contributed by atoms with Crippen molar-refractivity contribution in [2.75, 3.05) is 7.11 Å². The van der Waals surface area contributed by atoms with Crippen LogP contribution in [0.25, 0.3) is 0 Å². The van der Waals surface area contributed by atoms with E-state index in [0.29, 0.717) is 5.92 Å². The number of esters is 1. The van der Waals surface area contributed by atoms with E-state index in [1.54, 1.807) is 0 Å². The molecular formula is C16H32O2. The van der Waals surface area contributed by atoms with Gasteiger partial charge in [0.15, 0.2) is 0 Å². The Labute approximate surface area is 113 Å². The lowest BCUT2D eigenvalue weighted by molar-refractivity contribution is -0.145. The molecule has 0 saturated heterocycles. The third-order valence-electron chi connectivity index (χ3n) is 3.71. The molecule has 0 heterocycles. The summed E-state index contributed by atoms with van der Waals surface area (Å²) in [4.78, 5) is 11.4. The first-order valence-corrected chi connectivity index (χ1v) is 7.59. The van der Waals surface area contributed by atoms with Gasteiger partial charge in [0.25, 0.3) is 0 Å². The predicted molar refractivity (Wildman–Crippen MR) is 77.5 cm³/mol. The third-order valence-corrected chi connectivity index (χ3v) is 3.71. The van der Waals surface area contributed by atoms with E-state index in [9.17, 15) is 4.79 Å². The molecule has 2 nitrogen and oxygen atoms in total. The van der Waals surface area contributed by atoms with Gasteiger partial charge in [0.2, 0.25) is 0 Å². The number of carbonyl (C=O) groups is 1. The first-order valence-electron chi connectivity index (χ1n) is 7.59. The van der Waals surface area contributed by atoms with Crippen LogP contribution in [0.5, 0.6) is 0 Å². The molecule has 0 rings (SSSR count). The van der Waals surface area contributed by atoms with E-state index < -0.39 is 0 Å². The number of hydrogen-bond donors (Lipinski definition) is 0. The van der Waals surface area contributed by atoms with Gasteiger partial charge in [0.1, 0.15) is 0 Å². The molecular weight excluding hydrogens is 224 g/mol. The van der Waals surface area contributed by atoms with Gasteiger partial charge in [-0.25, -0.2) is 0 Å². The van der Waals surface area contributed by atoms with Crippen LogP contribution < -0.4 is 0 Å². The molecule has 0 aromatic carbocycles. The van der Waals surface area contributed by atoms with Crippen molar-refractivity contribution >= 4 is 5.97 Å². The molecule has 3 unspecified atom stereocenters. The quantitative estimate of drug-likeness (QED) is 0.414. The van der Waals surface area contributed by atoms with E-state index in [1.165, 1.54) is 45.6 Å². The lowest BCUT2D eigenvalue weighted by Gasteiger charge is -2.19. The second-order valence-electron chi connectivity index (χ2n) is 5.96. The molecule has 18 heavy (non-hydrogen) atoms. The highest BCUT2D eigenvalue weighted by molar-refractivity contribution is 5.71. The summed E-state index contributed by atoms with van der Waals surface area (Å²) >= 11 is 0. The van der Waals surface area contributed by atoms with Crippen LogP contribution in [-0.4, -0.2) is 13.1 Å². The number of carbonyl (C=O) groups excluding carboxylic acids is 1. The van der Waals surface area contributed by atoms with E-state index in [2.05, 4.69) is 20.8 Å². The predicted octanol–water partition coefficient (Wildman–Crippen LogP) is 4.82. The van der Waals surface area contributed by atoms with E-state index in [1.807, 2.05) is 6.92 Å². The maximum atomic E-state index is 11.4. The SMILES string of the molecule is CCCCCCC(C)CC(C)CC(C)C(=O)OC. The van der Waals surface area contributed by atoms with Gasteiger partial charge in [-0.15, -0.1) is 0 Å². The summed E-state index contributed by atoms with van der Waals surface area (Å²) in [6.07, 6.45) is 8.90. The Morgan fingerprint density at radius 3 is 2.22 bits per heavy atom. The fourth-order valence-electron chi connectivity index (χ4n) is 2.72. The summed E-state index contributed by atoms with van der Waals surface area (Å²) in [5.41, 5.74) is 0. The zero-order chi connectivity index (χ0) is 14.0. The van der Waals surface area contributed by atoms with Crippen molar-refractivity contribution in [1.82, 2.24) is 0 Å². The van der Waals surface area contributed by atoms with Crippen molar-refractivity contribution in [3.63, 3.8) is 0 Å². The second-order valence-corrected chi connectivity index (χ2v) is 5.96. The molecule has 0 aliphatic rings. The molecule has 0 amide bonds. The summed E-state index contributed by atoms with van der Waals surface area (Å²) in [5.74, 6) is 1.36. The van der Waals surface area contributed by atoms with Gasteiger partial charge in [-0.2, -0.15) is 0 Å². The van der Waals surface area contributed by atoms with Crippen LogP contribution in [0.4, 0.5) is 0 Å². The molecule has 0 bridgehead atoms. The Morgan fingerprint density at radius 2 is 1.67 bits per heavy atom. The molecule has 0 N–H and O–H groups in total. The van der Waals surface area contributed by atoms with Gasteiger partial charge >= 0.3 is 5.97 Å². The maximum absolute atomic E-state index is 11.4. The molecule has 0 radical (unpaired) electrons. The molecule has 0 fully saturated rings. The zero-order valence-electron chi connectivity index (χ0n) is 13.0. The van der Waals surface area contributed by atoms with E-state index in [-0.39, 0.29) is 11.9 Å². The van der Waals surface area contributed by atoms with Crippen LogP contribution >= 0.6 is 0 Å². The van der Waals surface area contributed by atoms with Crippen molar-refractivity contribution in [2.24, 2.45) is 17.8 Å². The fourth-order valence-corrected chi connectivity index (χ4v) is 2.72. The molecule has 2 heteroatoms. The summed E-state index contributed by atoms with van der Waals surface area (Å²) in [5, 5.41) is 0. The first kappa shape index (κ1) is 17.5. The largest absolute Gasteiger partial charge is 0.469 e. The fraction of sp³-hybridized carbons (Fsp3) is 0.938. The van der Waals surface area contributed by atoms with Crippen molar-refractivity contribution in [3.05, 3.63) is 0 Å². The van der Waals surface area contributed by atoms with Gasteiger partial charge in [-0.05, 0) is 24.7 Å². The monoisotopic (exact) mass is 256 g/mol. The Morgan fingerprint density at radius 1 is 1.00 bits per heavy atom. The van der Waals surface area contributed by atoms with Gasteiger partial charge in [0.05, 0.1) is 13.0 Å². The molecule has 3 atom stereocenters. The van der Waals surface area contributed by atoms with Crippen LogP contribution in [0.3, 0.4) is 0 Å². The second kappa shape index (κ2) is 10.4. The third kappa shape index (κ3) is 8.54. The van der Waals surface area contributed by atoms with Crippen LogP contribution in [-0.2, 0) is 9.53 Å². The Balaban J connectivity index is 3.72. The first-order chi connectivity index (χ1) is 8.51. The van der Waals surface area contributed by atoms with Gasteiger partial charge in [-0.1, -0.05) is 59.8 Å². The summed E-state index contributed by atoms with van der Waals surface area (Å²) in [6.45, 7) is 8.81. The van der Waals surface area contributed by atoms with E-state index >= 15 is 0 Å². The Hall–Kier alpha value is -0.530. The molecule has 0 aromatic heterocycles. The minimum atomic E-state index is -0.0718. The number of unbranched alkanes of at least 4 members (excludes halogenated alkanes) is 3. The van der Waals surface area contributed by atoms with E-state index in [0.717, 1.165) is 12.3 Å². The number of rotatable bonds is 10. The molecule has 0 aliphatic heterocycles. The normalized spacial score (nSPS) is 16.1. The summed E-state index contributed by atoms with van der Waals surface area (Å²) in [6, 6.07) is 0. The molecule has 0 spiro atoms. The zero-order valence-corrected chi connectivity index (χ0v) is 13.0. The van der Waals surface area contributed by atoms with Crippen LogP contribution in [0.15, 0.2) is 0 Å². The number of hydrogen-bond acceptors (Lipinski definition) is 2. The lowest BCUT2D eigenvalue weighted by atomic mass is 9.87. The van der Waals surface area contributed by atoms with Gasteiger partial charge < -0.3 is 4.74 Å². The highest BCUT2D eigenvalue weighted by Crippen LogP contribution is 2.23. The smallest absolute Gasteiger partial charge is 0.308 e. The lowest BCUT2D eigenvalue weighted by Crippen LogP contribution is -2.16. The average Bonchev–Trinajstić information content (AvgIpc) is 2.33. The summed E-state index contributed by atoms with van der Waals surface area (Å²) < 4.78 is 4.77. The van der Waals surface area contributed by atoms with Gasteiger partial charge in [0, 0.05) is 0 Å². The van der Waals surface area contributed by atoms with Gasteiger partial charge in [-0.3, -0.25) is 4.79 Å². The van der Waals surface area contributed by atoms with Crippen molar-refractivity contribution in [2.45, 2.75) is 72.6 Å². The van der Waals surface area contributed by atoms with Crippen molar-refractivity contribution < 1.29 is 9.53 Å². The minimum absolute atomic E-state index is 0.0392. The highest BCUT2D eigenvalue weighted by Gasteiger charge is 2.18. The minimum Gasteiger partial charge on any atom is -0.469 e. The molecule has 0 aliphatic carbocycles. The number of ether oxygens (including phenoxy) is 1. The maximum Gasteiger partial charge on any atom is 0.308 e. The standard InChI is InChI=1S/C16H32O2/c1-6-7-8-9-10-13(2)11-14(3)12-15(4)16(17)18-5/h13-15H,6-12H2,1-5H3. The van der Waals surface area contributed by atoms with Crippen LogP contribution in [0, 0.1) is 17.8 Å². The highest BCUT2D eigenvalue weighted by atomic mass is 16.5. The molecule has 0 saturated carbocycles. The van der Waals surface area contributed by atoms with Crippen molar-refractivity contribution in [1.29, 1.82) is 0 Å². The van der Waals surface area contributed by atoms with E-state index in [4.69, 9.17) is 4.74 Å². The van der Waals surface area contributed by atoms with Crippen LogP contribution in [0.2, 0.25) is 0 Å². The number of methoxy groups -OCH3 is 1. The Bertz CT molecular complexity index is 213. The molecule has 108 valence electrons. The molecule has 0 aromatic rings. The summed E-state index contributed by atoms with van der Waals surface area (Å²) in [7, 11) is 1.47. The Kier molecular flexibility index (Phi) is 10.1.